The molecule has 0 aliphatic heterocycles. The van der Waals surface area contributed by atoms with Crippen molar-refractivity contribution in [2.45, 2.75) is 6.10 Å². The molecule has 0 unspecified atom stereocenters. The second-order valence-electron chi connectivity index (χ2n) is 1.38. The molecule has 0 aromatic carbocycles. The lowest BCUT2D eigenvalue weighted by Gasteiger charge is -1.94. The van der Waals surface area contributed by atoms with Gasteiger partial charge in [0.25, 0.3) is 0 Å². The van der Waals surface area contributed by atoms with E-state index in [9.17, 15) is 0 Å². The molecule has 2 nitrogen and oxygen atoms in total. The van der Waals surface area contributed by atoms with Crippen LogP contribution in [-0.2, 0) is 0 Å². The van der Waals surface area contributed by atoms with Crippen molar-refractivity contribution >= 4 is 39.1 Å². The zero-order valence-electron chi connectivity index (χ0n) is 5.43. The van der Waals surface area contributed by atoms with Gasteiger partial charge in [-0.25, -0.2) is 0 Å². The van der Waals surface area contributed by atoms with Gasteiger partial charge in [0.1, 0.15) is 0 Å². The zero-order chi connectivity index (χ0) is 8.41. The summed E-state index contributed by atoms with van der Waals surface area (Å²) in [7, 11) is 0. The normalized spacial score (nSPS) is 9.00. The topological polar surface area (TPSA) is 40.5 Å². The van der Waals surface area contributed by atoms with Gasteiger partial charge in [0.15, 0.2) is 0 Å². The number of hydrogen-bond donors (Lipinski definition) is 2. The van der Waals surface area contributed by atoms with E-state index in [0.29, 0.717) is 5.33 Å². The average molecular weight is 254 g/mol. The van der Waals surface area contributed by atoms with Crippen molar-refractivity contribution < 1.29 is 10.2 Å². The summed E-state index contributed by atoms with van der Waals surface area (Å²) in [6.45, 7) is 0.236. The first kappa shape index (κ1) is 13.6. The molecule has 0 aromatic heterocycles. The zero-order valence-corrected chi connectivity index (χ0v) is 8.53. The van der Waals surface area contributed by atoms with Crippen LogP contribution < -0.4 is 0 Å². The Kier molecular flexibility index (Phi) is 17.1. The predicted molar refractivity (Wildman–Crippen MR) is 48.3 cm³/mol. The summed E-state index contributed by atoms with van der Waals surface area (Å²) in [5, 5.41) is 16.9. The van der Waals surface area contributed by atoms with Crippen molar-refractivity contribution in [2.24, 2.45) is 0 Å². The molecule has 0 saturated carbocycles. The molecule has 0 atom stereocenters. The molecule has 0 aromatic rings. The maximum Gasteiger partial charge on any atom is 0.0810 e. The van der Waals surface area contributed by atoms with Gasteiger partial charge in [-0.15, -0.1) is 23.2 Å². The summed E-state index contributed by atoms with van der Waals surface area (Å²) in [6, 6.07) is 0. The average Bonchev–Trinajstić information content (AvgIpc) is 2.03. The van der Waals surface area contributed by atoms with Crippen LogP contribution in [0.25, 0.3) is 0 Å². The van der Waals surface area contributed by atoms with Crippen LogP contribution in [0.3, 0.4) is 0 Å². The highest BCUT2D eigenvalue weighted by molar-refractivity contribution is 9.09. The highest BCUT2D eigenvalue weighted by Gasteiger charge is 1.94. The van der Waals surface area contributed by atoms with Crippen LogP contribution in [0.2, 0.25) is 0 Å². The van der Waals surface area contributed by atoms with Crippen molar-refractivity contribution in [1.29, 1.82) is 0 Å². The van der Waals surface area contributed by atoms with Crippen molar-refractivity contribution in [1.82, 2.24) is 0 Å². The Morgan fingerprint density at radius 1 is 1.30 bits per heavy atom. The molecule has 0 heterocycles. The number of aliphatic hydroxyl groups is 2. The maximum absolute atomic E-state index is 8.40. The van der Waals surface area contributed by atoms with Crippen LogP contribution in [0.1, 0.15) is 0 Å². The van der Waals surface area contributed by atoms with Crippen molar-refractivity contribution in [3.05, 3.63) is 0 Å². The molecule has 0 fully saturated rings. The molecule has 10 heavy (non-hydrogen) atoms. The van der Waals surface area contributed by atoms with E-state index in [2.05, 4.69) is 15.9 Å². The summed E-state index contributed by atoms with van der Waals surface area (Å²) < 4.78 is 0. The third-order valence-electron chi connectivity index (χ3n) is 0.441. The van der Waals surface area contributed by atoms with E-state index in [-0.39, 0.29) is 18.4 Å². The highest BCUT2D eigenvalue weighted by Crippen LogP contribution is 1.88. The molecule has 5 heteroatoms. The lowest BCUT2D eigenvalue weighted by molar-refractivity contribution is 0.222. The largest absolute Gasteiger partial charge is 0.396 e. The van der Waals surface area contributed by atoms with Crippen LogP contribution in [0.4, 0.5) is 0 Å². The minimum absolute atomic E-state index is 0.226. The fraction of sp³-hybridized carbons (Fsp3) is 1.00. The second-order valence-corrected chi connectivity index (χ2v) is 2.79. The minimum Gasteiger partial charge on any atom is -0.396 e. The predicted octanol–water partition coefficient (Wildman–Crippen LogP) is 1.20. The first-order valence-corrected chi connectivity index (χ1v) is 4.88. The molecule has 0 amide bonds. The van der Waals surface area contributed by atoms with E-state index >= 15 is 0 Å². The fourth-order valence-corrected chi connectivity index (χ4v) is 0.371. The molecular formula is C5H11BrCl2O2. The molecule has 2 N–H and O–H groups in total. The standard InChI is InChI=1S/C3H6Cl2O.C2H5BrO/c4-1-3(6)2-5;3-1-2-4/h3,6H,1-2H2;4H,1-2H2. The van der Waals surface area contributed by atoms with E-state index < -0.39 is 6.10 Å². The van der Waals surface area contributed by atoms with Crippen molar-refractivity contribution in [2.75, 3.05) is 23.7 Å². The summed E-state index contributed by atoms with van der Waals surface area (Å²) >= 11 is 13.2. The highest BCUT2D eigenvalue weighted by atomic mass is 79.9. The van der Waals surface area contributed by atoms with Gasteiger partial charge in [-0.1, -0.05) is 15.9 Å². The van der Waals surface area contributed by atoms with Gasteiger partial charge in [0.05, 0.1) is 12.7 Å². The fourth-order valence-electron chi connectivity index (χ4n) is 0.0412. The van der Waals surface area contributed by atoms with Gasteiger partial charge in [0, 0.05) is 17.1 Å². The van der Waals surface area contributed by atoms with Gasteiger partial charge in [-0.2, -0.15) is 0 Å². The summed E-state index contributed by atoms with van der Waals surface area (Å²) in [5.41, 5.74) is 0. The number of aliphatic hydroxyl groups excluding tert-OH is 2. The lowest BCUT2D eigenvalue weighted by atomic mass is 10.5. The maximum atomic E-state index is 8.40. The summed E-state index contributed by atoms with van der Waals surface area (Å²) in [4.78, 5) is 0. The molecule has 0 radical (unpaired) electrons. The third-order valence-corrected chi connectivity index (χ3v) is 1.51. The second kappa shape index (κ2) is 12.6. The van der Waals surface area contributed by atoms with Crippen LogP contribution >= 0.6 is 39.1 Å². The van der Waals surface area contributed by atoms with Gasteiger partial charge in [-0.05, 0) is 0 Å². The van der Waals surface area contributed by atoms with Crippen LogP contribution in [0, 0.1) is 0 Å². The minimum atomic E-state index is -0.534. The SMILES string of the molecule is OC(CCl)CCl.OCCBr. The van der Waals surface area contributed by atoms with Gasteiger partial charge < -0.3 is 10.2 Å². The lowest BCUT2D eigenvalue weighted by Crippen LogP contribution is -2.08. The van der Waals surface area contributed by atoms with E-state index in [1.54, 1.807) is 0 Å². The van der Waals surface area contributed by atoms with E-state index in [1.165, 1.54) is 0 Å². The van der Waals surface area contributed by atoms with Gasteiger partial charge >= 0.3 is 0 Å². The Morgan fingerprint density at radius 2 is 1.60 bits per heavy atom. The first-order valence-electron chi connectivity index (χ1n) is 2.69. The Morgan fingerprint density at radius 3 is 1.60 bits per heavy atom. The molecule has 0 bridgehead atoms. The van der Waals surface area contributed by atoms with Crippen molar-refractivity contribution in [3.63, 3.8) is 0 Å². The number of hydrogen-bond acceptors (Lipinski definition) is 2. The Bertz CT molecular complexity index is 50.9. The number of rotatable bonds is 3. The molecule has 0 aliphatic rings. The molecule has 0 saturated heterocycles. The Balaban J connectivity index is 0. The number of alkyl halides is 3. The molecule has 0 rings (SSSR count). The van der Waals surface area contributed by atoms with Gasteiger partial charge in [-0.3, -0.25) is 0 Å². The van der Waals surface area contributed by atoms with Crippen molar-refractivity contribution in [3.8, 4) is 0 Å². The number of halogens is 3. The third kappa shape index (κ3) is 16.0. The molecule has 0 spiro atoms. The molecule has 0 aliphatic carbocycles. The summed E-state index contributed by atoms with van der Waals surface area (Å²) in [6.07, 6.45) is -0.534. The molecular weight excluding hydrogens is 243 g/mol. The Labute approximate surface area is 79.3 Å². The Hall–Kier alpha value is 0.980. The van der Waals surface area contributed by atoms with Crippen LogP contribution in [0.15, 0.2) is 0 Å². The first-order chi connectivity index (χ1) is 4.72. The van der Waals surface area contributed by atoms with E-state index in [4.69, 9.17) is 33.4 Å². The van der Waals surface area contributed by atoms with Gasteiger partial charge in [0.2, 0.25) is 0 Å². The van der Waals surface area contributed by atoms with E-state index in [1.807, 2.05) is 0 Å². The van der Waals surface area contributed by atoms with Crippen LogP contribution in [-0.4, -0.2) is 40.0 Å². The monoisotopic (exact) mass is 252 g/mol. The van der Waals surface area contributed by atoms with Crippen LogP contribution in [0.5, 0.6) is 0 Å². The summed E-state index contributed by atoms with van der Waals surface area (Å²) in [5.74, 6) is 0.451. The quantitative estimate of drug-likeness (QED) is 0.743. The molecule has 64 valence electrons. The smallest absolute Gasteiger partial charge is 0.0810 e. The van der Waals surface area contributed by atoms with E-state index in [0.717, 1.165) is 0 Å².